The van der Waals surface area contributed by atoms with Gasteiger partial charge in [-0.2, -0.15) is 0 Å². The lowest BCUT2D eigenvalue weighted by Gasteiger charge is -2.38. The molecule has 8 heteroatoms. The zero-order valence-electron chi connectivity index (χ0n) is 14.3. The third-order valence-corrected chi connectivity index (χ3v) is 5.05. The largest absolute Gasteiger partial charge is 0.439 e. The third-order valence-electron chi connectivity index (χ3n) is 5.05. The van der Waals surface area contributed by atoms with Gasteiger partial charge in [0.05, 0.1) is 30.3 Å². The average molecular weight is 356 g/mol. The summed E-state index contributed by atoms with van der Waals surface area (Å²) in [6.45, 7) is 1.75. The number of likely N-dealkylation sites (tertiary alicyclic amines) is 1. The highest BCUT2D eigenvalue weighted by Gasteiger charge is 2.44. The Morgan fingerprint density at radius 2 is 2.15 bits per heavy atom. The van der Waals surface area contributed by atoms with E-state index in [2.05, 4.69) is 10.3 Å². The Morgan fingerprint density at radius 3 is 2.96 bits per heavy atom. The van der Waals surface area contributed by atoms with Gasteiger partial charge in [0, 0.05) is 19.5 Å². The van der Waals surface area contributed by atoms with Gasteiger partial charge < -0.3 is 15.0 Å². The molecule has 8 nitrogen and oxygen atoms in total. The monoisotopic (exact) mass is 356 g/mol. The summed E-state index contributed by atoms with van der Waals surface area (Å²) in [5, 5.41) is 3.21. The molecule has 2 fully saturated rings. The summed E-state index contributed by atoms with van der Waals surface area (Å²) in [6, 6.07) is 7.15. The molecule has 1 aromatic carbocycles. The van der Waals surface area contributed by atoms with Gasteiger partial charge in [-0.15, -0.1) is 0 Å². The van der Waals surface area contributed by atoms with Gasteiger partial charge in [-0.3, -0.25) is 14.2 Å². The Bertz CT molecular complexity index is 925. The number of rotatable bonds is 3. The van der Waals surface area contributed by atoms with Crippen molar-refractivity contribution in [3.63, 3.8) is 0 Å². The van der Waals surface area contributed by atoms with Crippen molar-refractivity contribution >= 4 is 22.9 Å². The van der Waals surface area contributed by atoms with Crippen molar-refractivity contribution in [1.82, 2.24) is 19.8 Å². The molecule has 136 valence electrons. The van der Waals surface area contributed by atoms with Crippen LogP contribution in [-0.2, 0) is 16.1 Å². The van der Waals surface area contributed by atoms with Crippen molar-refractivity contribution in [2.24, 2.45) is 0 Å². The van der Waals surface area contributed by atoms with Gasteiger partial charge >= 0.3 is 6.09 Å². The number of carbonyl (C=O) groups excluding carboxylic acids is 2. The quantitative estimate of drug-likeness (QED) is 0.881. The van der Waals surface area contributed by atoms with Gasteiger partial charge in [0.1, 0.15) is 5.60 Å². The van der Waals surface area contributed by atoms with E-state index >= 15 is 0 Å². The Hall–Kier alpha value is -2.90. The fraction of sp³-hybridized carbons (Fsp3) is 0.444. The minimum absolute atomic E-state index is 0.0490. The number of piperidine rings is 1. The molecule has 0 saturated carbocycles. The molecule has 0 aliphatic carbocycles. The molecule has 1 aromatic heterocycles. The second-order valence-corrected chi connectivity index (χ2v) is 6.86. The van der Waals surface area contributed by atoms with E-state index in [0.717, 1.165) is 12.8 Å². The smallest absolute Gasteiger partial charge is 0.407 e. The van der Waals surface area contributed by atoms with Gasteiger partial charge in [-0.1, -0.05) is 12.1 Å². The molecule has 0 unspecified atom stereocenters. The Balaban J connectivity index is 1.43. The summed E-state index contributed by atoms with van der Waals surface area (Å²) in [5.41, 5.74) is -0.104. The van der Waals surface area contributed by atoms with Crippen molar-refractivity contribution in [2.45, 2.75) is 31.4 Å². The lowest BCUT2D eigenvalue weighted by Crippen LogP contribution is -2.52. The fourth-order valence-electron chi connectivity index (χ4n) is 3.68. The molecule has 2 aromatic rings. The lowest BCUT2D eigenvalue weighted by molar-refractivity contribution is -0.137. The molecule has 2 aliphatic rings. The minimum Gasteiger partial charge on any atom is -0.439 e. The van der Waals surface area contributed by atoms with Crippen molar-refractivity contribution in [2.75, 3.05) is 19.6 Å². The maximum atomic E-state index is 12.6. The molecule has 2 aliphatic heterocycles. The normalized spacial score (nSPS) is 22.5. The van der Waals surface area contributed by atoms with Crippen LogP contribution in [0.15, 0.2) is 35.4 Å². The zero-order valence-corrected chi connectivity index (χ0v) is 14.3. The van der Waals surface area contributed by atoms with Crippen LogP contribution in [0.3, 0.4) is 0 Å². The Kier molecular flexibility index (Phi) is 4.10. The molecule has 1 spiro atoms. The summed E-state index contributed by atoms with van der Waals surface area (Å²) < 4.78 is 6.86. The van der Waals surface area contributed by atoms with E-state index in [9.17, 15) is 14.4 Å². The molecule has 4 rings (SSSR count). The maximum Gasteiger partial charge on any atom is 0.407 e. The molecule has 1 atom stereocenters. The number of para-hydroxylation sites is 1. The molecule has 1 N–H and O–H groups in total. The van der Waals surface area contributed by atoms with Crippen LogP contribution in [0.4, 0.5) is 4.79 Å². The first-order valence-electron chi connectivity index (χ1n) is 8.75. The van der Waals surface area contributed by atoms with Crippen molar-refractivity contribution in [1.29, 1.82) is 0 Å². The molecule has 2 amide bonds. The van der Waals surface area contributed by atoms with E-state index in [1.54, 1.807) is 23.1 Å². The van der Waals surface area contributed by atoms with Crippen molar-refractivity contribution in [3.05, 3.63) is 40.9 Å². The first-order chi connectivity index (χ1) is 12.6. The number of aromatic nitrogens is 2. The van der Waals surface area contributed by atoms with E-state index in [4.69, 9.17) is 4.74 Å². The fourth-order valence-corrected chi connectivity index (χ4v) is 3.68. The molecule has 0 bridgehead atoms. The highest BCUT2D eigenvalue weighted by Crippen LogP contribution is 2.28. The molecule has 26 heavy (non-hydrogen) atoms. The van der Waals surface area contributed by atoms with Crippen LogP contribution in [0, 0.1) is 0 Å². The van der Waals surface area contributed by atoms with Gasteiger partial charge in [-0.05, 0) is 25.0 Å². The lowest BCUT2D eigenvalue weighted by atomic mass is 9.93. The number of ether oxygens (including phenoxy) is 1. The molecule has 0 radical (unpaired) electrons. The third kappa shape index (κ3) is 3.02. The first-order valence-corrected chi connectivity index (χ1v) is 8.75. The van der Waals surface area contributed by atoms with E-state index < -0.39 is 11.7 Å². The number of aryl methyl sites for hydroxylation is 1. The van der Waals surface area contributed by atoms with Crippen LogP contribution in [-0.4, -0.2) is 51.7 Å². The van der Waals surface area contributed by atoms with Crippen LogP contribution >= 0.6 is 0 Å². The number of carbonyl (C=O) groups is 2. The van der Waals surface area contributed by atoms with Gasteiger partial charge in [-0.25, -0.2) is 9.78 Å². The zero-order chi connectivity index (χ0) is 18.1. The van der Waals surface area contributed by atoms with Gasteiger partial charge in [0.15, 0.2) is 0 Å². The highest BCUT2D eigenvalue weighted by atomic mass is 16.6. The van der Waals surface area contributed by atoms with E-state index in [0.29, 0.717) is 30.5 Å². The number of hydrogen-bond donors (Lipinski definition) is 1. The summed E-state index contributed by atoms with van der Waals surface area (Å²) in [6.07, 6.45) is 2.81. The maximum absolute atomic E-state index is 12.6. The molecule has 2 saturated heterocycles. The highest BCUT2D eigenvalue weighted by molar-refractivity contribution is 5.78. The predicted octanol–water partition coefficient (Wildman–Crippen LogP) is 0.888. The average Bonchev–Trinajstić information content (AvgIpc) is 3.01. The topological polar surface area (TPSA) is 93.5 Å². The first kappa shape index (κ1) is 16.6. The molecular formula is C18H20N4O4. The van der Waals surface area contributed by atoms with Crippen LogP contribution in [0.1, 0.15) is 19.3 Å². The molecular weight excluding hydrogens is 336 g/mol. The van der Waals surface area contributed by atoms with Crippen LogP contribution < -0.4 is 10.9 Å². The summed E-state index contributed by atoms with van der Waals surface area (Å²) >= 11 is 0. The number of benzene rings is 1. The second kappa shape index (κ2) is 6.44. The van der Waals surface area contributed by atoms with Gasteiger partial charge in [0.25, 0.3) is 5.56 Å². The molecule has 3 heterocycles. The van der Waals surface area contributed by atoms with E-state index in [1.807, 2.05) is 6.07 Å². The summed E-state index contributed by atoms with van der Waals surface area (Å²) in [7, 11) is 0. The predicted molar refractivity (Wildman–Crippen MR) is 93.6 cm³/mol. The SMILES string of the molecule is O=C1NC[C@@]2(CCCN(C(=O)CCn3cnc4ccccc4c3=O)C2)O1. The van der Waals surface area contributed by atoms with Crippen LogP contribution in [0.2, 0.25) is 0 Å². The number of alkyl carbamates (subject to hydrolysis) is 1. The Morgan fingerprint density at radius 1 is 1.31 bits per heavy atom. The summed E-state index contributed by atoms with van der Waals surface area (Å²) in [5.74, 6) is -0.0490. The second-order valence-electron chi connectivity index (χ2n) is 6.86. The van der Waals surface area contributed by atoms with E-state index in [-0.39, 0.29) is 24.4 Å². The van der Waals surface area contributed by atoms with Crippen molar-refractivity contribution in [3.8, 4) is 0 Å². The van der Waals surface area contributed by atoms with E-state index in [1.165, 1.54) is 10.9 Å². The minimum atomic E-state index is -0.605. The summed E-state index contributed by atoms with van der Waals surface area (Å²) in [4.78, 5) is 42.4. The van der Waals surface area contributed by atoms with Crippen LogP contribution in [0.25, 0.3) is 10.9 Å². The van der Waals surface area contributed by atoms with Crippen molar-refractivity contribution < 1.29 is 14.3 Å². The number of fused-ring (bicyclic) bond motifs is 1. The number of amides is 2. The number of hydrogen-bond acceptors (Lipinski definition) is 5. The standard InChI is InChI=1S/C18H20N4O4/c23-15(21-8-3-7-18(11-21)10-19-17(25)26-18)6-9-22-12-20-14-5-2-1-4-13(14)16(22)24/h1-2,4-5,12H,3,6-11H2,(H,19,25)/t18-/m1/s1. The van der Waals surface area contributed by atoms with Gasteiger partial charge in [0.2, 0.25) is 5.91 Å². The number of nitrogens with one attached hydrogen (secondary N) is 1. The Labute approximate surface area is 149 Å². The van der Waals surface area contributed by atoms with Crippen LogP contribution in [0.5, 0.6) is 0 Å². The number of nitrogens with zero attached hydrogens (tertiary/aromatic N) is 3.